The number of thioether (sulfide) groups is 1. The van der Waals surface area contributed by atoms with E-state index >= 15 is 0 Å². The first-order valence-electron chi connectivity index (χ1n) is 8.15. The highest BCUT2D eigenvalue weighted by molar-refractivity contribution is 7.98. The number of aromatic nitrogens is 4. The zero-order chi connectivity index (χ0) is 19.0. The van der Waals surface area contributed by atoms with Gasteiger partial charge >= 0.3 is 0 Å². The van der Waals surface area contributed by atoms with Gasteiger partial charge in [0.15, 0.2) is 5.16 Å². The molecule has 0 aliphatic heterocycles. The maximum Gasteiger partial charge on any atom is 0.263 e. The Hall–Kier alpha value is -2.28. The van der Waals surface area contributed by atoms with E-state index in [2.05, 4.69) is 16.8 Å². The molecule has 5 nitrogen and oxygen atoms in total. The molecule has 27 heavy (non-hydrogen) atoms. The third-order valence-corrected chi connectivity index (χ3v) is 5.86. The third kappa shape index (κ3) is 3.14. The van der Waals surface area contributed by atoms with Crippen LogP contribution >= 0.6 is 35.0 Å². The van der Waals surface area contributed by atoms with Crippen molar-refractivity contribution in [1.29, 1.82) is 0 Å². The molecule has 4 aromatic rings. The third-order valence-electron chi connectivity index (χ3n) is 4.20. The second-order valence-electron chi connectivity index (χ2n) is 5.83. The van der Waals surface area contributed by atoms with Gasteiger partial charge in [0.25, 0.3) is 5.56 Å². The second kappa shape index (κ2) is 7.38. The zero-order valence-corrected chi connectivity index (χ0v) is 16.4. The van der Waals surface area contributed by atoms with Crippen molar-refractivity contribution in [3.05, 3.63) is 81.1 Å². The van der Waals surface area contributed by atoms with E-state index in [9.17, 15) is 4.79 Å². The van der Waals surface area contributed by atoms with E-state index in [1.807, 2.05) is 40.8 Å². The summed E-state index contributed by atoms with van der Waals surface area (Å²) in [5, 5.41) is 11.0. The predicted octanol–water partition coefficient (Wildman–Crippen LogP) is 4.83. The molecule has 0 aliphatic rings. The van der Waals surface area contributed by atoms with E-state index in [0.29, 0.717) is 38.7 Å². The molecule has 0 unspecified atom stereocenters. The summed E-state index contributed by atoms with van der Waals surface area (Å²) in [6, 6.07) is 12.8. The average molecular weight is 417 g/mol. The summed E-state index contributed by atoms with van der Waals surface area (Å²) in [4.78, 5) is 12.8. The highest BCUT2D eigenvalue weighted by Crippen LogP contribution is 2.31. The lowest BCUT2D eigenvalue weighted by Gasteiger charge is -2.10. The Labute approximate surface area is 169 Å². The lowest BCUT2D eigenvalue weighted by Crippen LogP contribution is -2.22. The molecule has 0 saturated carbocycles. The minimum absolute atomic E-state index is 0.115. The fourth-order valence-electron chi connectivity index (χ4n) is 2.93. The molecule has 0 amide bonds. The summed E-state index contributed by atoms with van der Waals surface area (Å²) >= 11 is 14.0. The molecule has 8 heteroatoms. The Morgan fingerprint density at radius 3 is 2.56 bits per heavy atom. The lowest BCUT2D eigenvalue weighted by molar-refractivity contribution is 0.783. The van der Waals surface area contributed by atoms with Crippen molar-refractivity contribution in [3.8, 4) is 0 Å². The SMILES string of the molecule is C=CCn1c(=O)c2ccccc2n2c(SCc3c(Cl)cccc3Cl)nnc12. The second-order valence-corrected chi connectivity index (χ2v) is 7.59. The van der Waals surface area contributed by atoms with Gasteiger partial charge in [-0.15, -0.1) is 16.8 Å². The Balaban J connectivity index is 1.87. The van der Waals surface area contributed by atoms with Gasteiger partial charge in [-0.1, -0.05) is 59.2 Å². The molecule has 0 aliphatic carbocycles. The van der Waals surface area contributed by atoms with Gasteiger partial charge in [0.2, 0.25) is 5.78 Å². The zero-order valence-electron chi connectivity index (χ0n) is 14.1. The molecule has 0 saturated heterocycles. The Kier molecular flexibility index (Phi) is 4.95. The van der Waals surface area contributed by atoms with Gasteiger partial charge < -0.3 is 0 Å². The number of nitrogens with zero attached hydrogens (tertiary/aromatic N) is 4. The number of benzene rings is 2. The van der Waals surface area contributed by atoms with Crippen LogP contribution in [0.3, 0.4) is 0 Å². The van der Waals surface area contributed by atoms with Crippen LogP contribution in [0.1, 0.15) is 5.56 Å². The average Bonchev–Trinajstić information content (AvgIpc) is 3.09. The van der Waals surface area contributed by atoms with Crippen LogP contribution in [0.15, 0.2) is 65.1 Å². The van der Waals surface area contributed by atoms with E-state index in [4.69, 9.17) is 23.2 Å². The predicted molar refractivity (Wildman–Crippen MR) is 111 cm³/mol. The topological polar surface area (TPSA) is 52.2 Å². The Bertz CT molecular complexity index is 1210. The van der Waals surface area contributed by atoms with E-state index < -0.39 is 0 Å². The van der Waals surface area contributed by atoms with Crippen molar-refractivity contribution in [2.45, 2.75) is 17.5 Å². The molecule has 0 fully saturated rings. The van der Waals surface area contributed by atoms with E-state index in [0.717, 1.165) is 11.1 Å². The number of hydrogen-bond acceptors (Lipinski definition) is 4. The highest BCUT2D eigenvalue weighted by atomic mass is 35.5. The van der Waals surface area contributed by atoms with E-state index in [1.54, 1.807) is 16.7 Å². The number of halogens is 2. The first-order chi connectivity index (χ1) is 13.1. The summed E-state index contributed by atoms with van der Waals surface area (Å²) in [7, 11) is 0. The van der Waals surface area contributed by atoms with Gasteiger partial charge in [-0.2, -0.15) is 0 Å². The molecule has 2 aromatic heterocycles. The van der Waals surface area contributed by atoms with Crippen molar-refractivity contribution in [3.63, 3.8) is 0 Å². The summed E-state index contributed by atoms with van der Waals surface area (Å²) < 4.78 is 3.45. The fraction of sp³-hybridized carbons (Fsp3) is 0.105. The number of fused-ring (bicyclic) bond motifs is 3. The van der Waals surface area contributed by atoms with E-state index in [1.165, 1.54) is 11.8 Å². The van der Waals surface area contributed by atoms with Crippen LogP contribution in [-0.4, -0.2) is 19.2 Å². The molecule has 2 aromatic carbocycles. The van der Waals surface area contributed by atoms with Gasteiger partial charge in [-0.05, 0) is 29.8 Å². The number of rotatable bonds is 5. The van der Waals surface area contributed by atoms with Gasteiger partial charge in [-0.3, -0.25) is 13.8 Å². The molecule has 0 radical (unpaired) electrons. The van der Waals surface area contributed by atoms with Gasteiger partial charge in [0.05, 0.1) is 10.9 Å². The summed E-state index contributed by atoms with van der Waals surface area (Å²) in [6.45, 7) is 4.09. The molecule has 4 rings (SSSR count). The van der Waals surface area contributed by atoms with Crippen molar-refractivity contribution in [2.75, 3.05) is 0 Å². The maximum atomic E-state index is 12.8. The Morgan fingerprint density at radius 1 is 1.07 bits per heavy atom. The smallest absolute Gasteiger partial charge is 0.263 e. The molecule has 0 spiro atoms. The first-order valence-corrected chi connectivity index (χ1v) is 9.89. The van der Waals surface area contributed by atoms with Gasteiger partial charge in [-0.25, -0.2) is 0 Å². The molecule has 136 valence electrons. The Morgan fingerprint density at radius 2 is 1.81 bits per heavy atom. The van der Waals surface area contributed by atoms with Crippen LogP contribution in [0.25, 0.3) is 16.7 Å². The number of hydrogen-bond donors (Lipinski definition) is 0. The van der Waals surface area contributed by atoms with Gasteiger partial charge in [0, 0.05) is 22.3 Å². The van der Waals surface area contributed by atoms with Crippen molar-refractivity contribution in [1.82, 2.24) is 19.2 Å². The maximum absolute atomic E-state index is 12.8. The summed E-state index contributed by atoms with van der Waals surface area (Å²) in [5.74, 6) is 1.01. The minimum Gasteiger partial charge on any atom is -0.272 e. The summed E-state index contributed by atoms with van der Waals surface area (Å²) in [5.41, 5.74) is 1.48. The largest absolute Gasteiger partial charge is 0.272 e. The van der Waals surface area contributed by atoms with Crippen LogP contribution in [0.4, 0.5) is 0 Å². The lowest BCUT2D eigenvalue weighted by atomic mass is 10.2. The number of allylic oxidation sites excluding steroid dienone is 1. The minimum atomic E-state index is -0.115. The molecule has 0 N–H and O–H groups in total. The molecule has 0 atom stereocenters. The van der Waals surface area contributed by atoms with Crippen LogP contribution in [-0.2, 0) is 12.3 Å². The van der Waals surface area contributed by atoms with Crippen LogP contribution < -0.4 is 5.56 Å². The molecular formula is C19H14Cl2N4OS. The van der Waals surface area contributed by atoms with Crippen LogP contribution in [0, 0.1) is 0 Å². The number of para-hydroxylation sites is 1. The highest BCUT2D eigenvalue weighted by Gasteiger charge is 2.17. The van der Waals surface area contributed by atoms with E-state index in [-0.39, 0.29) is 5.56 Å². The molecule has 2 heterocycles. The monoisotopic (exact) mass is 416 g/mol. The quantitative estimate of drug-likeness (QED) is 0.345. The fourth-order valence-corrected chi connectivity index (χ4v) is 4.61. The van der Waals surface area contributed by atoms with Crippen molar-refractivity contribution < 1.29 is 0 Å². The van der Waals surface area contributed by atoms with Crippen molar-refractivity contribution in [2.24, 2.45) is 0 Å². The first kappa shape index (κ1) is 18.1. The van der Waals surface area contributed by atoms with Crippen molar-refractivity contribution >= 4 is 51.6 Å². The normalized spacial score (nSPS) is 11.3. The van der Waals surface area contributed by atoms with Crippen LogP contribution in [0.5, 0.6) is 0 Å². The molecule has 0 bridgehead atoms. The van der Waals surface area contributed by atoms with Gasteiger partial charge in [0.1, 0.15) is 0 Å². The standard InChI is InChI=1S/C19H14Cl2N4OS/c1-2-10-24-17(26)12-6-3-4-9-16(12)25-18(24)22-23-19(25)27-11-13-14(20)7-5-8-15(13)21/h2-9H,1,10-11H2. The molecular weight excluding hydrogens is 403 g/mol. The van der Waals surface area contributed by atoms with Crippen LogP contribution in [0.2, 0.25) is 10.0 Å². The summed E-state index contributed by atoms with van der Waals surface area (Å²) in [6.07, 6.45) is 1.67.